The zero-order valence-electron chi connectivity index (χ0n) is 13.0. The van der Waals surface area contributed by atoms with Crippen molar-refractivity contribution >= 4 is 5.78 Å². The molecule has 2 nitrogen and oxygen atoms in total. The van der Waals surface area contributed by atoms with Crippen LogP contribution in [-0.4, -0.2) is 23.8 Å². The van der Waals surface area contributed by atoms with E-state index in [1.807, 2.05) is 37.4 Å². The minimum Gasteiger partial charge on any atom is -0.292 e. The highest BCUT2D eigenvalue weighted by atomic mass is 16.1. The Hall–Kier alpha value is -1.93. The van der Waals surface area contributed by atoms with E-state index in [1.54, 1.807) is 0 Å². The van der Waals surface area contributed by atoms with Gasteiger partial charge in [-0.1, -0.05) is 67.1 Å². The summed E-state index contributed by atoms with van der Waals surface area (Å²) in [5.74, 6) is 0.202. The van der Waals surface area contributed by atoms with E-state index >= 15 is 0 Å². The van der Waals surface area contributed by atoms with Crippen molar-refractivity contribution in [2.75, 3.05) is 7.05 Å². The molecule has 0 amide bonds. The van der Waals surface area contributed by atoms with Crippen molar-refractivity contribution in [3.63, 3.8) is 0 Å². The number of carbonyl (C=O) groups is 1. The molecule has 0 aliphatic carbocycles. The summed E-state index contributed by atoms with van der Waals surface area (Å²) in [4.78, 5) is 14.8. The van der Waals surface area contributed by atoms with Gasteiger partial charge in [0.2, 0.25) is 0 Å². The van der Waals surface area contributed by atoms with E-state index in [-0.39, 0.29) is 11.8 Å². The van der Waals surface area contributed by atoms with E-state index in [2.05, 4.69) is 43.0 Å². The van der Waals surface area contributed by atoms with Crippen LogP contribution in [0.5, 0.6) is 0 Å². The zero-order valence-corrected chi connectivity index (χ0v) is 13.0. The number of hydrogen-bond donors (Lipinski definition) is 0. The van der Waals surface area contributed by atoms with E-state index in [0.29, 0.717) is 0 Å². The summed E-state index contributed by atoms with van der Waals surface area (Å²) in [6, 6.07) is 17.9. The van der Waals surface area contributed by atoms with Gasteiger partial charge in [-0.15, -0.1) is 0 Å². The number of nitrogens with zero attached hydrogens (tertiary/aromatic N) is 1. The molecule has 0 aliphatic heterocycles. The second-order valence-electron chi connectivity index (χ2n) is 5.56. The number of ketones is 1. The van der Waals surface area contributed by atoms with Crippen LogP contribution in [0, 0.1) is 6.92 Å². The van der Waals surface area contributed by atoms with Gasteiger partial charge in [0.1, 0.15) is 0 Å². The molecule has 1 atom stereocenters. The molecule has 1 unspecified atom stereocenters. The lowest BCUT2D eigenvalue weighted by Gasteiger charge is -2.26. The molecule has 0 N–H and O–H groups in total. The average molecular weight is 281 g/mol. The Morgan fingerprint density at radius 2 is 1.81 bits per heavy atom. The number of hydrogen-bond acceptors (Lipinski definition) is 2. The minimum absolute atomic E-state index is 0.0760. The Morgan fingerprint density at radius 3 is 2.43 bits per heavy atom. The molecular weight excluding hydrogens is 258 g/mol. The highest BCUT2D eigenvalue weighted by molar-refractivity contribution is 6.00. The second-order valence-corrected chi connectivity index (χ2v) is 5.56. The maximum atomic E-state index is 12.6. The molecule has 21 heavy (non-hydrogen) atoms. The van der Waals surface area contributed by atoms with Gasteiger partial charge in [-0.2, -0.15) is 0 Å². The van der Waals surface area contributed by atoms with Crippen LogP contribution in [0.15, 0.2) is 54.6 Å². The first-order valence-electron chi connectivity index (χ1n) is 7.47. The van der Waals surface area contributed by atoms with Gasteiger partial charge in [0.25, 0.3) is 0 Å². The van der Waals surface area contributed by atoms with E-state index in [9.17, 15) is 4.79 Å². The first-order valence-corrected chi connectivity index (χ1v) is 7.47. The molecule has 0 radical (unpaired) electrons. The molecule has 2 heteroatoms. The molecule has 0 aromatic heterocycles. The number of aryl methyl sites for hydroxylation is 1. The van der Waals surface area contributed by atoms with Crippen LogP contribution in [0.1, 0.15) is 34.8 Å². The Balaban J connectivity index is 2.11. The first kappa shape index (κ1) is 15.5. The molecule has 0 heterocycles. The smallest absolute Gasteiger partial charge is 0.179 e. The summed E-state index contributed by atoms with van der Waals surface area (Å²) in [7, 11) is 2.03. The standard InChI is InChI=1S/C19H23NO/c1-4-18(19(21)17-11-6-5-7-12-17)20(3)14-16-10-8-9-15(2)13-16/h5-13,18H,4,14H2,1-3H3. The normalized spacial score (nSPS) is 12.4. The third-order valence-corrected chi connectivity index (χ3v) is 3.79. The number of carbonyl (C=O) groups excluding carboxylic acids is 1. The van der Waals surface area contributed by atoms with Crippen LogP contribution in [0.4, 0.5) is 0 Å². The minimum atomic E-state index is -0.0760. The van der Waals surface area contributed by atoms with Crippen LogP contribution in [0.3, 0.4) is 0 Å². The summed E-state index contributed by atoms with van der Waals surface area (Å²) in [5, 5.41) is 0. The quantitative estimate of drug-likeness (QED) is 0.743. The lowest BCUT2D eigenvalue weighted by Crippen LogP contribution is -2.37. The topological polar surface area (TPSA) is 20.3 Å². The molecule has 2 aromatic rings. The molecule has 2 rings (SSSR count). The van der Waals surface area contributed by atoms with Crippen molar-refractivity contribution in [2.24, 2.45) is 0 Å². The lowest BCUT2D eigenvalue weighted by molar-refractivity contribution is 0.0838. The molecule has 0 aliphatic rings. The van der Waals surface area contributed by atoms with Crippen molar-refractivity contribution in [1.29, 1.82) is 0 Å². The van der Waals surface area contributed by atoms with Gasteiger partial charge < -0.3 is 0 Å². The SMILES string of the molecule is CCC(C(=O)c1ccccc1)N(C)Cc1cccc(C)c1. The second kappa shape index (κ2) is 7.19. The molecule has 0 spiro atoms. The monoisotopic (exact) mass is 281 g/mol. The molecule has 0 bridgehead atoms. The van der Waals surface area contributed by atoms with Crippen LogP contribution >= 0.6 is 0 Å². The molecule has 0 saturated heterocycles. The fourth-order valence-electron chi connectivity index (χ4n) is 2.70. The van der Waals surface area contributed by atoms with Gasteiger partial charge in [0.15, 0.2) is 5.78 Å². The Bertz CT molecular complexity index is 592. The third-order valence-electron chi connectivity index (χ3n) is 3.79. The molecule has 0 fully saturated rings. The van der Waals surface area contributed by atoms with Crippen LogP contribution in [0.2, 0.25) is 0 Å². The highest BCUT2D eigenvalue weighted by Gasteiger charge is 2.22. The van der Waals surface area contributed by atoms with E-state index < -0.39 is 0 Å². The van der Waals surface area contributed by atoms with Gasteiger partial charge in [0, 0.05) is 12.1 Å². The Morgan fingerprint density at radius 1 is 1.10 bits per heavy atom. The largest absolute Gasteiger partial charge is 0.292 e. The van der Waals surface area contributed by atoms with Gasteiger partial charge in [-0.05, 0) is 26.0 Å². The van der Waals surface area contributed by atoms with Crippen molar-refractivity contribution in [3.05, 3.63) is 71.3 Å². The zero-order chi connectivity index (χ0) is 15.2. The van der Waals surface area contributed by atoms with Crippen molar-refractivity contribution in [3.8, 4) is 0 Å². The van der Waals surface area contributed by atoms with E-state index in [0.717, 1.165) is 18.5 Å². The highest BCUT2D eigenvalue weighted by Crippen LogP contribution is 2.15. The summed E-state index contributed by atoms with van der Waals surface area (Å²) in [6.45, 7) is 4.95. The van der Waals surface area contributed by atoms with Crippen LogP contribution in [-0.2, 0) is 6.54 Å². The van der Waals surface area contributed by atoms with Gasteiger partial charge in [-0.25, -0.2) is 0 Å². The maximum Gasteiger partial charge on any atom is 0.179 e. The Labute approximate surface area is 127 Å². The summed E-state index contributed by atoms with van der Waals surface area (Å²) in [6.07, 6.45) is 0.816. The number of benzene rings is 2. The summed E-state index contributed by atoms with van der Waals surface area (Å²) < 4.78 is 0. The van der Waals surface area contributed by atoms with Crippen molar-refractivity contribution < 1.29 is 4.79 Å². The lowest BCUT2D eigenvalue weighted by atomic mass is 10.0. The van der Waals surface area contributed by atoms with Crippen molar-refractivity contribution in [2.45, 2.75) is 32.9 Å². The number of Topliss-reactive ketones (excluding diaryl/α,β-unsaturated/α-hetero) is 1. The summed E-state index contributed by atoms with van der Waals surface area (Å²) in [5.41, 5.74) is 3.29. The van der Waals surface area contributed by atoms with Crippen molar-refractivity contribution in [1.82, 2.24) is 4.90 Å². The molecule has 0 saturated carbocycles. The van der Waals surface area contributed by atoms with Crippen LogP contribution < -0.4 is 0 Å². The van der Waals surface area contributed by atoms with Crippen LogP contribution in [0.25, 0.3) is 0 Å². The molecular formula is C19H23NO. The number of likely N-dealkylation sites (N-methyl/N-ethyl adjacent to an activating group) is 1. The van der Waals surface area contributed by atoms with Gasteiger partial charge in [0.05, 0.1) is 6.04 Å². The van der Waals surface area contributed by atoms with Gasteiger partial charge in [-0.3, -0.25) is 9.69 Å². The third kappa shape index (κ3) is 4.02. The fourth-order valence-corrected chi connectivity index (χ4v) is 2.70. The van der Waals surface area contributed by atoms with Gasteiger partial charge >= 0.3 is 0 Å². The number of rotatable bonds is 6. The predicted molar refractivity (Wildman–Crippen MR) is 87.5 cm³/mol. The molecule has 2 aromatic carbocycles. The Kier molecular flexibility index (Phi) is 5.29. The fraction of sp³-hybridized carbons (Fsp3) is 0.316. The average Bonchev–Trinajstić information content (AvgIpc) is 2.48. The summed E-state index contributed by atoms with van der Waals surface area (Å²) >= 11 is 0. The first-order chi connectivity index (χ1) is 10.1. The van der Waals surface area contributed by atoms with E-state index in [4.69, 9.17) is 0 Å². The van der Waals surface area contributed by atoms with E-state index in [1.165, 1.54) is 11.1 Å². The maximum absolute atomic E-state index is 12.6. The predicted octanol–water partition coefficient (Wildman–Crippen LogP) is 4.09. The molecule has 110 valence electrons.